The summed E-state index contributed by atoms with van der Waals surface area (Å²) in [6, 6.07) is -0.607. The van der Waals surface area contributed by atoms with Gasteiger partial charge in [-0.25, -0.2) is 0 Å². The van der Waals surface area contributed by atoms with E-state index < -0.39 is 12.0 Å². The number of carboxylic acid groups (broad SMARTS) is 1. The molecule has 0 heterocycles. The van der Waals surface area contributed by atoms with Crippen LogP contribution in [0.5, 0.6) is 0 Å². The molecule has 0 aliphatic heterocycles. The molecule has 0 saturated carbocycles. The minimum Gasteiger partial charge on any atom is -0.480 e. The molecule has 0 spiro atoms. The van der Waals surface area contributed by atoms with Gasteiger partial charge in [-0.05, 0) is 5.92 Å². The van der Waals surface area contributed by atoms with Crippen LogP contribution in [-0.4, -0.2) is 41.5 Å². The summed E-state index contributed by atoms with van der Waals surface area (Å²) < 4.78 is 0. The van der Waals surface area contributed by atoms with E-state index in [2.05, 4.69) is 0 Å². The van der Waals surface area contributed by atoms with Gasteiger partial charge in [0.05, 0.1) is 6.04 Å². The molecule has 0 aromatic carbocycles. The smallest absolute Gasteiger partial charge is 0.323 e. The summed E-state index contributed by atoms with van der Waals surface area (Å²) in [6.07, 6.45) is 0.799. The zero-order valence-corrected chi connectivity index (χ0v) is 8.86. The van der Waals surface area contributed by atoms with Gasteiger partial charge in [-0.2, -0.15) is 0 Å². The predicted molar refractivity (Wildman–Crippen MR) is 52.7 cm³/mol. The van der Waals surface area contributed by atoms with E-state index in [1.54, 1.807) is 0 Å². The van der Waals surface area contributed by atoms with Crippen LogP contribution in [0.1, 0.15) is 20.3 Å². The number of likely N-dealkylation sites (N-methyl/N-ethyl adjacent to an activating group) is 1. The third-order valence-corrected chi connectivity index (χ3v) is 2.29. The fourth-order valence-electron chi connectivity index (χ4n) is 1.03. The first-order valence-corrected chi connectivity index (χ1v) is 4.62. The quantitative estimate of drug-likeness (QED) is 0.652. The Kier molecular flexibility index (Phi) is 5.15. The average Bonchev–Trinajstić information content (AvgIpc) is 2.13. The normalized spacial score (nSPS) is 14.6. The fourth-order valence-corrected chi connectivity index (χ4v) is 1.03. The highest BCUT2D eigenvalue weighted by Crippen LogP contribution is 2.07. The van der Waals surface area contributed by atoms with Crippen molar-refractivity contribution in [1.82, 2.24) is 4.90 Å². The van der Waals surface area contributed by atoms with Crippen LogP contribution in [0.2, 0.25) is 0 Å². The Morgan fingerprint density at radius 3 is 2.36 bits per heavy atom. The highest BCUT2D eigenvalue weighted by Gasteiger charge is 2.23. The highest BCUT2D eigenvalue weighted by molar-refractivity contribution is 5.85. The monoisotopic (exact) mass is 202 g/mol. The molecule has 0 radical (unpaired) electrons. The summed E-state index contributed by atoms with van der Waals surface area (Å²) in [7, 11) is 1.44. The molecule has 2 atom stereocenters. The minimum absolute atomic E-state index is 0.0683. The molecule has 1 amide bonds. The van der Waals surface area contributed by atoms with E-state index in [4.69, 9.17) is 10.8 Å². The number of carbonyl (C=O) groups excluding carboxylic acids is 1. The Morgan fingerprint density at radius 2 is 2.00 bits per heavy atom. The summed E-state index contributed by atoms with van der Waals surface area (Å²) in [5.41, 5.74) is 5.66. The van der Waals surface area contributed by atoms with Crippen molar-refractivity contribution in [3.05, 3.63) is 0 Å². The number of hydrogen-bond donors (Lipinski definition) is 2. The third-order valence-electron chi connectivity index (χ3n) is 2.29. The van der Waals surface area contributed by atoms with Crippen LogP contribution in [0, 0.1) is 5.92 Å². The molecule has 5 nitrogen and oxygen atoms in total. The molecule has 0 aromatic rings. The van der Waals surface area contributed by atoms with E-state index in [1.807, 2.05) is 13.8 Å². The zero-order chi connectivity index (χ0) is 11.3. The molecule has 3 N–H and O–H groups in total. The number of nitrogens with zero attached hydrogens (tertiary/aromatic N) is 1. The highest BCUT2D eigenvalue weighted by atomic mass is 16.4. The lowest BCUT2D eigenvalue weighted by molar-refractivity contribution is -0.144. The second-order valence-electron chi connectivity index (χ2n) is 3.50. The lowest BCUT2D eigenvalue weighted by Gasteiger charge is -2.23. The molecule has 0 aliphatic rings. The van der Waals surface area contributed by atoms with Gasteiger partial charge < -0.3 is 15.7 Å². The summed E-state index contributed by atoms with van der Waals surface area (Å²) in [4.78, 5) is 23.0. The summed E-state index contributed by atoms with van der Waals surface area (Å²) in [6.45, 7) is 3.51. The minimum atomic E-state index is -1.03. The second kappa shape index (κ2) is 5.59. The molecule has 0 saturated heterocycles. The van der Waals surface area contributed by atoms with Gasteiger partial charge in [-0.1, -0.05) is 20.3 Å². The van der Waals surface area contributed by atoms with Crippen molar-refractivity contribution in [2.75, 3.05) is 13.6 Å². The van der Waals surface area contributed by atoms with Crippen molar-refractivity contribution in [2.45, 2.75) is 26.3 Å². The number of carboxylic acids is 1. The molecule has 5 heteroatoms. The Balaban J connectivity index is 4.23. The van der Waals surface area contributed by atoms with Crippen LogP contribution in [0.3, 0.4) is 0 Å². The van der Waals surface area contributed by atoms with Crippen LogP contribution in [0.15, 0.2) is 0 Å². The van der Waals surface area contributed by atoms with E-state index >= 15 is 0 Å². The topological polar surface area (TPSA) is 83.6 Å². The fraction of sp³-hybridized carbons (Fsp3) is 0.778. The van der Waals surface area contributed by atoms with Crippen LogP contribution in [0.25, 0.3) is 0 Å². The molecule has 0 unspecified atom stereocenters. The Bertz CT molecular complexity index is 218. The van der Waals surface area contributed by atoms with Crippen molar-refractivity contribution >= 4 is 11.9 Å². The van der Waals surface area contributed by atoms with E-state index in [1.165, 1.54) is 7.05 Å². The lowest BCUT2D eigenvalue weighted by Crippen LogP contribution is -2.46. The van der Waals surface area contributed by atoms with E-state index in [-0.39, 0.29) is 18.4 Å². The SMILES string of the molecule is CC[C@H](C)[C@H](N)C(=O)N(C)CC(=O)O. The van der Waals surface area contributed by atoms with Crippen molar-refractivity contribution in [3.8, 4) is 0 Å². The van der Waals surface area contributed by atoms with Crippen molar-refractivity contribution in [2.24, 2.45) is 11.7 Å². The molecular weight excluding hydrogens is 184 g/mol. The molecular formula is C9H18N2O3. The number of carbonyl (C=O) groups is 2. The molecule has 14 heavy (non-hydrogen) atoms. The number of hydrogen-bond acceptors (Lipinski definition) is 3. The van der Waals surface area contributed by atoms with Crippen LogP contribution in [-0.2, 0) is 9.59 Å². The average molecular weight is 202 g/mol. The standard InChI is InChI=1S/C9H18N2O3/c1-4-6(2)8(10)9(14)11(3)5-7(12)13/h6,8H,4-5,10H2,1-3H3,(H,12,13)/t6-,8-/m0/s1. The lowest BCUT2D eigenvalue weighted by atomic mass is 9.99. The molecule has 82 valence electrons. The maximum atomic E-state index is 11.5. The number of nitrogens with two attached hydrogens (primary N) is 1. The molecule has 0 bridgehead atoms. The summed E-state index contributed by atoms with van der Waals surface area (Å²) in [5, 5.41) is 8.48. The van der Waals surface area contributed by atoms with Crippen LogP contribution in [0.4, 0.5) is 0 Å². The van der Waals surface area contributed by atoms with Gasteiger partial charge >= 0.3 is 5.97 Å². The van der Waals surface area contributed by atoms with Gasteiger partial charge in [-0.15, -0.1) is 0 Å². The molecule has 0 aromatic heterocycles. The van der Waals surface area contributed by atoms with E-state index in [0.29, 0.717) is 0 Å². The van der Waals surface area contributed by atoms with E-state index in [9.17, 15) is 9.59 Å². The zero-order valence-electron chi connectivity index (χ0n) is 8.86. The first-order valence-electron chi connectivity index (χ1n) is 4.62. The number of rotatable bonds is 5. The van der Waals surface area contributed by atoms with Gasteiger partial charge in [0.25, 0.3) is 0 Å². The maximum absolute atomic E-state index is 11.5. The van der Waals surface area contributed by atoms with Crippen LogP contribution >= 0.6 is 0 Å². The van der Waals surface area contributed by atoms with Gasteiger partial charge in [0.2, 0.25) is 5.91 Å². The maximum Gasteiger partial charge on any atom is 0.323 e. The summed E-state index contributed by atoms with van der Waals surface area (Å²) in [5.74, 6) is -1.28. The molecule has 0 rings (SSSR count). The van der Waals surface area contributed by atoms with Gasteiger partial charge in [0.1, 0.15) is 6.54 Å². The van der Waals surface area contributed by atoms with E-state index in [0.717, 1.165) is 11.3 Å². The Hall–Kier alpha value is -1.10. The summed E-state index contributed by atoms with van der Waals surface area (Å²) >= 11 is 0. The number of aliphatic carboxylic acids is 1. The second-order valence-corrected chi connectivity index (χ2v) is 3.50. The Morgan fingerprint density at radius 1 is 1.50 bits per heavy atom. The third kappa shape index (κ3) is 3.74. The van der Waals surface area contributed by atoms with Crippen LogP contribution < -0.4 is 5.73 Å². The Labute approximate surface area is 83.9 Å². The first-order chi connectivity index (χ1) is 6.40. The molecule has 0 aliphatic carbocycles. The van der Waals surface area contributed by atoms with Gasteiger partial charge in [0.15, 0.2) is 0 Å². The molecule has 0 fully saturated rings. The number of amides is 1. The van der Waals surface area contributed by atoms with Crippen molar-refractivity contribution in [3.63, 3.8) is 0 Å². The largest absolute Gasteiger partial charge is 0.480 e. The first kappa shape index (κ1) is 12.9. The van der Waals surface area contributed by atoms with Gasteiger partial charge in [0, 0.05) is 7.05 Å². The predicted octanol–water partition coefficient (Wildman–Crippen LogP) is -0.0972. The van der Waals surface area contributed by atoms with Crippen molar-refractivity contribution < 1.29 is 14.7 Å². The van der Waals surface area contributed by atoms with Gasteiger partial charge in [-0.3, -0.25) is 9.59 Å². The van der Waals surface area contributed by atoms with Crippen molar-refractivity contribution in [1.29, 1.82) is 0 Å².